The minimum Gasteiger partial charge on any atom is -0.457 e. The largest absolute Gasteiger partial charge is 0.457 e. The van der Waals surface area contributed by atoms with Crippen LogP contribution in [0.15, 0.2) is 42.5 Å². The Labute approximate surface area is 157 Å². The number of anilines is 1. The van der Waals surface area contributed by atoms with Gasteiger partial charge in [0.05, 0.1) is 17.1 Å². The van der Waals surface area contributed by atoms with Crippen LogP contribution in [0, 0.1) is 17.0 Å². The second-order valence-corrected chi connectivity index (χ2v) is 7.13. The highest BCUT2D eigenvalue weighted by Gasteiger charge is 2.39. The number of fused-ring (bicyclic) bond motifs is 1. The van der Waals surface area contributed by atoms with E-state index in [1.165, 1.54) is 6.07 Å². The number of hydrogen-bond donors (Lipinski definition) is 1. The van der Waals surface area contributed by atoms with Crippen molar-refractivity contribution in [3.05, 3.63) is 58.1 Å². The first-order valence-electron chi connectivity index (χ1n) is 9.22. The summed E-state index contributed by atoms with van der Waals surface area (Å²) in [5.74, 6) is 1.30. The molecule has 7 heteroatoms. The molecule has 0 bridgehead atoms. The Morgan fingerprint density at radius 2 is 1.93 bits per heavy atom. The van der Waals surface area contributed by atoms with Crippen molar-refractivity contribution in [3.63, 3.8) is 0 Å². The molecule has 2 aliphatic rings. The predicted molar refractivity (Wildman–Crippen MR) is 103 cm³/mol. The smallest absolute Gasteiger partial charge is 0.293 e. The Balaban J connectivity index is 1.69. The topological polar surface area (TPSA) is 79.1 Å². The fraction of sp³-hybridized carbons (Fsp3) is 0.400. The van der Waals surface area contributed by atoms with Gasteiger partial charge in [0.2, 0.25) is 0 Å². The lowest BCUT2D eigenvalue weighted by atomic mass is 10.1. The van der Waals surface area contributed by atoms with Gasteiger partial charge in [-0.25, -0.2) is 0 Å². The maximum atomic E-state index is 11.7. The molecule has 2 aromatic rings. The third kappa shape index (κ3) is 3.36. The van der Waals surface area contributed by atoms with E-state index in [0.717, 1.165) is 25.1 Å². The molecule has 27 heavy (non-hydrogen) atoms. The van der Waals surface area contributed by atoms with Gasteiger partial charge >= 0.3 is 0 Å². The fourth-order valence-electron chi connectivity index (χ4n) is 4.12. The Kier molecular flexibility index (Phi) is 4.72. The first-order valence-corrected chi connectivity index (χ1v) is 9.22. The van der Waals surface area contributed by atoms with Gasteiger partial charge in [0.25, 0.3) is 5.69 Å². The molecule has 4 rings (SSSR count). The summed E-state index contributed by atoms with van der Waals surface area (Å²) >= 11 is 0. The molecule has 1 N–H and O–H groups in total. The Morgan fingerprint density at radius 3 is 2.67 bits per heavy atom. The second-order valence-electron chi connectivity index (χ2n) is 7.13. The summed E-state index contributed by atoms with van der Waals surface area (Å²) < 4.78 is 5.97. The van der Waals surface area contributed by atoms with E-state index in [9.17, 15) is 15.2 Å². The monoisotopic (exact) mass is 369 g/mol. The molecule has 0 aliphatic carbocycles. The number of nitro benzene ring substituents is 1. The summed E-state index contributed by atoms with van der Waals surface area (Å²) in [7, 11) is 0. The zero-order valence-corrected chi connectivity index (χ0v) is 15.2. The third-order valence-electron chi connectivity index (χ3n) is 5.53. The van der Waals surface area contributed by atoms with Crippen LogP contribution in [-0.4, -0.2) is 53.3 Å². The molecule has 2 saturated heterocycles. The van der Waals surface area contributed by atoms with Crippen LogP contribution in [0.1, 0.15) is 12.0 Å². The number of nitro groups is 1. The van der Waals surface area contributed by atoms with E-state index in [1.807, 2.05) is 42.2 Å². The van der Waals surface area contributed by atoms with Crippen LogP contribution < -0.4 is 9.64 Å². The average molecular weight is 369 g/mol. The number of para-hydroxylation sites is 1. The first-order chi connectivity index (χ1) is 13.0. The van der Waals surface area contributed by atoms with E-state index >= 15 is 0 Å². The van der Waals surface area contributed by atoms with E-state index in [0.29, 0.717) is 30.3 Å². The average Bonchev–Trinajstić information content (AvgIpc) is 3.04. The zero-order valence-electron chi connectivity index (χ0n) is 15.2. The highest BCUT2D eigenvalue weighted by atomic mass is 16.6. The molecule has 2 heterocycles. The molecule has 2 fully saturated rings. The van der Waals surface area contributed by atoms with Gasteiger partial charge in [0, 0.05) is 37.8 Å². The van der Waals surface area contributed by atoms with Crippen LogP contribution in [0.4, 0.5) is 11.4 Å². The van der Waals surface area contributed by atoms with Gasteiger partial charge < -0.3 is 14.7 Å². The number of nitrogens with zero attached hydrogens (tertiary/aromatic N) is 3. The van der Waals surface area contributed by atoms with Crippen molar-refractivity contribution < 1.29 is 14.8 Å². The van der Waals surface area contributed by atoms with Crippen molar-refractivity contribution in [1.29, 1.82) is 0 Å². The van der Waals surface area contributed by atoms with E-state index in [4.69, 9.17) is 4.74 Å². The fourth-order valence-corrected chi connectivity index (χ4v) is 4.12. The van der Waals surface area contributed by atoms with Crippen molar-refractivity contribution in [1.82, 2.24) is 4.90 Å². The highest BCUT2D eigenvalue weighted by Crippen LogP contribution is 2.40. The van der Waals surface area contributed by atoms with Gasteiger partial charge in [0.15, 0.2) is 0 Å². The Bertz CT molecular complexity index is 843. The maximum absolute atomic E-state index is 11.7. The lowest BCUT2D eigenvalue weighted by Gasteiger charge is -2.40. The molecule has 0 radical (unpaired) electrons. The van der Waals surface area contributed by atoms with Crippen LogP contribution in [0.3, 0.4) is 0 Å². The van der Waals surface area contributed by atoms with Crippen LogP contribution in [0.25, 0.3) is 0 Å². The minimum absolute atomic E-state index is 0.0245. The highest BCUT2D eigenvalue weighted by molar-refractivity contribution is 5.72. The molecule has 0 unspecified atom stereocenters. The van der Waals surface area contributed by atoms with E-state index in [2.05, 4.69) is 4.90 Å². The second kappa shape index (κ2) is 7.17. The van der Waals surface area contributed by atoms with Gasteiger partial charge in [-0.2, -0.15) is 0 Å². The summed E-state index contributed by atoms with van der Waals surface area (Å²) in [5, 5.41) is 21.9. The minimum atomic E-state index is -0.379. The van der Waals surface area contributed by atoms with Gasteiger partial charge in [-0.15, -0.1) is 0 Å². The molecule has 7 nitrogen and oxygen atoms in total. The molecule has 142 valence electrons. The first kappa shape index (κ1) is 17.8. The van der Waals surface area contributed by atoms with Gasteiger partial charge in [0.1, 0.15) is 17.2 Å². The van der Waals surface area contributed by atoms with Crippen LogP contribution in [0.5, 0.6) is 11.5 Å². The molecular formula is C20H23N3O4. The number of hydrogen-bond acceptors (Lipinski definition) is 6. The molecule has 2 aliphatic heterocycles. The van der Waals surface area contributed by atoms with Crippen LogP contribution >= 0.6 is 0 Å². The molecular weight excluding hydrogens is 346 g/mol. The van der Waals surface area contributed by atoms with Crippen molar-refractivity contribution in [2.24, 2.45) is 0 Å². The van der Waals surface area contributed by atoms with E-state index in [1.54, 1.807) is 6.07 Å². The standard InChI is InChI=1S/C20H23N3O4/c1-14-19(27-15-5-3-2-4-6-15)8-7-16(23(25)26)20(14)22-12-11-21-10-9-18(24)17(21)13-22/h2-8,17-18,24H,9-13H2,1H3/t17-,18+/m1/s1. The quantitative estimate of drug-likeness (QED) is 0.659. The van der Waals surface area contributed by atoms with E-state index < -0.39 is 0 Å². The lowest BCUT2D eigenvalue weighted by Crippen LogP contribution is -2.53. The van der Waals surface area contributed by atoms with Crippen molar-refractivity contribution >= 4 is 11.4 Å². The van der Waals surface area contributed by atoms with Gasteiger partial charge in [-0.05, 0) is 31.5 Å². The van der Waals surface area contributed by atoms with Gasteiger partial charge in [-0.3, -0.25) is 15.0 Å². The summed E-state index contributed by atoms with van der Waals surface area (Å²) in [6.07, 6.45) is 0.382. The number of aliphatic hydroxyl groups excluding tert-OH is 1. The normalized spacial score (nSPS) is 22.5. The third-order valence-corrected chi connectivity index (χ3v) is 5.53. The van der Waals surface area contributed by atoms with Crippen LogP contribution in [-0.2, 0) is 0 Å². The molecule has 2 aromatic carbocycles. The van der Waals surface area contributed by atoms with Crippen molar-refractivity contribution in [2.75, 3.05) is 31.1 Å². The molecule has 0 spiro atoms. The molecule has 0 aromatic heterocycles. The number of piperazine rings is 1. The predicted octanol–water partition coefficient (Wildman–Crippen LogP) is 2.95. The van der Waals surface area contributed by atoms with Gasteiger partial charge in [-0.1, -0.05) is 18.2 Å². The summed E-state index contributed by atoms with van der Waals surface area (Å²) in [6.45, 7) is 4.81. The number of benzene rings is 2. The maximum Gasteiger partial charge on any atom is 0.293 e. The summed E-state index contributed by atoms with van der Waals surface area (Å²) in [5.41, 5.74) is 1.41. The van der Waals surface area contributed by atoms with Crippen molar-refractivity contribution in [2.45, 2.75) is 25.5 Å². The van der Waals surface area contributed by atoms with E-state index in [-0.39, 0.29) is 22.8 Å². The molecule has 2 atom stereocenters. The Hall–Kier alpha value is -2.64. The number of ether oxygens (including phenoxy) is 1. The number of rotatable bonds is 4. The zero-order chi connectivity index (χ0) is 19.0. The summed E-state index contributed by atoms with van der Waals surface area (Å²) in [4.78, 5) is 15.6. The lowest BCUT2D eigenvalue weighted by molar-refractivity contribution is -0.384. The van der Waals surface area contributed by atoms with Crippen molar-refractivity contribution in [3.8, 4) is 11.5 Å². The SMILES string of the molecule is Cc1c(Oc2ccccc2)ccc([N+](=O)[O-])c1N1CCN2CC[C@H](O)[C@H]2C1. The molecule has 0 amide bonds. The summed E-state index contributed by atoms with van der Waals surface area (Å²) in [6, 6.07) is 12.6. The number of aliphatic hydroxyl groups is 1. The Morgan fingerprint density at radius 1 is 1.15 bits per heavy atom. The van der Waals surface area contributed by atoms with Crippen LogP contribution in [0.2, 0.25) is 0 Å². The molecule has 0 saturated carbocycles.